The topological polar surface area (TPSA) is 49.4 Å². The number of likely N-dealkylation sites (N-methyl/N-ethyl adjacent to an activating group) is 1. The molecule has 20 heavy (non-hydrogen) atoms. The summed E-state index contributed by atoms with van der Waals surface area (Å²) in [7, 11) is 1.80. The number of hydrogen-bond donors (Lipinski definition) is 1. The molecular formula is C16H22N2O2. The molecular weight excluding hydrogens is 252 g/mol. The van der Waals surface area contributed by atoms with Crippen LogP contribution in [-0.2, 0) is 16.0 Å². The zero-order chi connectivity index (χ0) is 14.5. The minimum absolute atomic E-state index is 0.0362. The van der Waals surface area contributed by atoms with Gasteiger partial charge in [0.2, 0.25) is 5.91 Å². The first-order valence-electron chi connectivity index (χ1n) is 7.15. The summed E-state index contributed by atoms with van der Waals surface area (Å²) in [6, 6.07) is 9.45. The van der Waals surface area contributed by atoms with Crippen LogP contribution in [0.1, 0.15) is 25.3 Å². The molecule has 4 nitrogen and oxygen atoms in total. The Labute approximate surface area is 120 Å². The highest BCUT2D eigenvalue weighted by atomic mass is 16.2. The minimum atomic E-state index is -0.266. The van der Waals surface area contributed by atoms with Crippen LogP contribution in [0.2, 0.25) is 0 Å². The summed E-state index contributed by atoms with van der Waals surface area (Å²) in [6.07, 6.45) is 2.36. The maximum atomic E-state index is 12.6. The van der Waals surface area contributed by atoms with Gasteiger partial charge in [0.05, 0.1) is 12.1 Å². The number of amides is 1. The van der Waals surface area contributed by atoms with E-state index < -0.39 is 0 Å². The Morgan fingerprint density at radius 2 is 2.05 bits per heavy atom. The Kier molecular flexibility index (Phi) is 4.90. The van der Waals surface area contributed by atoms with Gasteiger partial charge in [-0.15, -0.1) is 0 Å². The highest BCUT2D eigenvalue weighted by molar-refractivity contribution is 5.90. The van der Waals surface area contributed by atoms with Gasteiger partial charge in [-0.2, -0.15) is 0 Å². The van der Waals surface area contributed by atoms with E-state index in [9.17, 15) is 9.59 Å². The highest BCUT2D eigenvalue weighted by Crippen LogP contribution is 2.19. The third-order valence-electron chi connectivity index (χ3n) is 3.93. The van der Waals surface area contributed by atoms with Crippen LogP contribution < -0.4 is 5.32 Å². The molecule has 4 heteroatoms. The third kappa shape index (κ3) is 3.25. The van der Waals surface area contributed by atoms with Crippen LogP contribution in [0.4, 0.5) is 0 Å². The van der Waals surface area contributed by atoms with Gasteiger partial charge >= 0.3 is 0 Å². The van der Waals surface area contributed by atoms with Gasteiger partial charge in [0, 0.05) is 6.54 Å². The van der Waals surface area contributed by atoms with Crippen molar-refractivity contribution in [2.45, 2.75) is 38.3 Å². The van der Waals surface area contributed by atoms with Crippen molar-refractivity contribution in [2.24, 2.45) is 0 Å². The van der Waals surface area contributed by atoms with Crippen molar-refractivity contribution in [1.29, 1.82) is 0 Å². The van der Waals surface area contributed by atoms with E-state index in [1.807, 2.05) is 30.3 Å². The Morgan fingerprint density at radius 3 is 2.65 bits per heavy atom. The van der Waals surface area contributed by atoms with Crippen molar-refractivity contribution >= 4 is 11.7 Å². The number of benzene rings is 1. The highest BCUT2D eigenvalue weighted by Gasteiger charge is 2.34. The number of ketones is 1. The summed E-state index contributed by atoms with van der Waals surface area (Å²) < 4.78 is 0. The van der Waals surface area contributed by atoms with E-state index in [0.29, 0.717) is 13.0 Å². The first-order chi connectivity index (χ1) is 9.63. The van der Waals surface area contributed by atoms with E-state index in [2.05, 4.69) is 5.32 Å². The van der Waals surface area contributed by atoms with Gasteiger partial charge in [-0.05, 0) is 38.8 Å². The maximum absolute atomic E-state index is 12.6. The van der Waals surface area contributed by atoms with E-state index in [-0.39, 0.29) is 23.8 Å². The summed E-state index contributed by atoms with van der Waals surface area (Å²) in [6.45, 7) is 2.26. The Morgan fingerprint density at radius 1 is 1.35 bits per heavy atom. The molecule has 0 spiro atoms. The summed E-state index contributed by atoms with van der Waals surface area (Å²) in [5.74, 6) is 0.125. The van der Waals surface area contributed by atoms with E-state index in [4.69, 9.17) is 0 Å². The quantitative estimate of drug-likeness (QED) is 0.883. The van der Waals surface area contributed by atoms with Crippen molar-refractivity contribution < 1.29 is 9.59 Å². The minimum Gasteiger partial charge on any atom is -0.331 e. The molecule has 1 aliphatic heterocycles. The second-order valence-corrected chi connectivity index (χ2v) is 5.33. The standard InChI is InChI=1S/C16H22N2O2/c1-12(19)15-9-6-10-18(15)16(20)14(17-2)11-13-7-4-3-5-8-13/h3-5,7-8,14-15,17H,6,9-11H2,1-2H3/t14-,15+/m1/s1. The monoisotopic (exact) mass is 274 g/mol. The molecule has 0 radical (unpaired) electrons. The molecule has 1 amide bonds. The largest absolute Gasteiger partial charge is 0.331 e. The molecule has 0 aliphatic carbocycles. The summed E-state index contributed by atoms with van der Waals surface area (Å²) in [5.41, 5.74) is 1.12. The number of nitrogens with zero attached hydrogens (tertiary/aromatic N) is 1. The Balaban J connectivity index is 2.07. The average Bonchev–Trinajstić information content (AvgIpc) is 2.94. The number of carbonyl (C=O) groups excluding carboxylic acids is 2. The zero-order valence-electron chi connectivity index (χ0n) is 12.1. The molecule has 1 N–H and O–H groups in total. The SMILES string of the molecule is CN[C@H](Cc1ccccc1)C(=O)N1CCC[C@H]1C(C)=O. The van der Waals surface area contributed by atoms with Crippen molar-refractivity contribution in [1.82, 2.24) is 10.2 Å². The molecule has 1 heterocycles. The molecule has 0 saturated carbocycles. The number of hydrogen-bond acceptors (Lipinski definition) is 3. The van der Waals surface area contributed by atoms with Crippen LogP contribution in [0.25, 0.3) is 0 Å². The second-order valence-electron chi connectivity index (χ2n) is 5.33. The van der Waals surface area contributed by atoms with Gasteiger partial charge in [-0.25, -0.2) is 0 Å². The van der Waals surface area contributed by atoms with Crippen LogP contribution in [0.15, 0.2) is 30.3 Å². The lowest BCUT2D eigenvalue weighted by Crippen LogP contribution is -2.49. The van der Waals surface area contributed by atoms with E-state index in [1.165, 1.54) is 0 Å². The lowest BCUT2D eigenvalue weighted by molar-refractivity contribution is -0.138. The fourth-order valence-electron chi connectivity index (χ4n) is 2.82. The van der Waals surface area contributed by atoms with Crippen LogP contribution in [-0.4, -0.2) is 42.3 Å². The van der Waals surface area contributed by atoms with Crippen molar-refractivity contribution in [3.05, 3.63) is 35.9 Å². The molecule has 2 rings (SSSR count). The summed E-state index contributed by atoms with van der Waals surface area (Å²) in [5, 5.41) is 3.08. The Hall–Kier alpha value is -1.68. The van der Waals surface area contributed by atoms with E-state index >= 15 is 0 Å². The van der Waals surface area contributed by atoms with Gasteiger partial charge in [-0.1, -0.05) is 30.3 Å². The van der Waals surface area contributed by atoms with Crippen LogP contribution >= 0.6 is 0 Å². The number of carbonyl (C=O) groups is 2. The molecule has 1 aliphatic rings. The number of nitrogens with one attached hydrogen (secondary N) is 1. The molecule has 108 valence electrons. The molecule has 0 unspecified atom stereocenters. The fraction of sp³-hybridized carbons (Fsp3) is 0.500. The second kappa shape index (κ2) is 6.66. The summed E-state index contributed by atoms with van der Waals surface area (Å²) >= 11 is 0. The van der Waals surface area contributed by atoms with E-state index in [0.717, 1.165) is 18.4 Å². The van der Waals surface area contributed by atoms with Crippen molar-refractivity contribution in [2.75, 3.05) is 13.6 Å². The van der Waals surface area contributed by atoms with E-state index in [1.54, 1.807) is 18.9 Å². The van der Waals surface area contributed by atoms with Crippen LogP contribution in [0.3, 0.4) is 0 Å². The summed E-state index contributed by atoms with van der Waals surface area (Å²) in [4.78, 5) is 26.0. The Bertz CT molecular complexity index is 473. The predicted octanol–water partition coefficient (Wildman–Crippen LogP) is 1.40. The van der Waals surface area contributed by atoms with Gasteiger partial charge in [-0.3, -0.25) is 9.59 Å². The van der Waals surface area contributed by atoms with Crippen molar-refractivity contribution in [3.63, 3.8) is 0 Å². The molecule has 1 aromatic rings. The zero-order valence-corrected chi connectivity index (χ0v) is 12.1. The third-order valence-corrected chi connectivity index (χ3v) is 3.93. The van der Waals surface area contributed by atoms with Crippen LogP contribution in [0, 0.1) is 0 Å². The van der Waals surface area contributed by atoms with Gasteiger partial charge in [0.15, 0.2) is 5.78 Å². The maximum Gasteiger partial charge on any atom is 0.240 e. The molecule has 1 aromatic carbocycles. The lowest BCUT2D eigenvalue weighted by Gasteiger charge is -2.27. The first kappa shape index (κ1) is 14.7. The number of rotatable bonds is 5. The molecule has 0 bridgehead atoms. The molecule has 1 fully saturated rings. The van der Waals surface area contributed by atoms with Gasteiger partial charge in [0.25, 0.3) is 0 Å². The normalized spacial score (nSPS) is 19.9. The number of Topliss-reactive ketones (excluding diaryl/α,β-unsaturated/α-hetero) is 1. The first-order valence-corrected chi connectivity index (χ1v) is 7.15. The van der Waals surface area contributed by atoms with Crippen LogP contribution in [0.5, 0.6) is 0 Å². The molecule has 2 atom stereocenters. The fourth-order valence-corrected chi connectivity index (χ4v) is 2.82. The average molecular weight is 274 g/mol. The van der Waals surface area contributed by atoms with Gasteiger partial charge in [0.1, 0.15) is 0 Å². The number of likely N-dealkylation sites (tertiary alicyclic amines) is 1. The molecule has 0 aromatic heterocycles. The predicted molar refractivity (Wildman–Crippen MR) is 78.4 cm³/mol. The lowest BCUT2D eigenvalue weighted by atomic mass is 10.0. The molecule has 1 saturated heterocycles. The van der Waals surface area contributed by atoms with Gasteiger partial charge < -0.3 is 10.2 Å². The van der Waals surface area contributed by atoms with Crippen molar-refractivity contribution in [3.8, 4) is 0 Å². The smallest absolute Gasteiger partial charge is 0.240 e.